The van der Waals surface area contributed by atoms with Crippen LogP contribution in [0, 0.1) is 6.92 Å². The number of carbonyl (C=O) groups is 2. The van der Waals surface area contributed by atoms with Crippen LogP contribution in [0.5, 0.6) is 0 Å². The number of rotatable bonds is 6. The highest BCUT2D eigenvalue weighted by Gasteiger charge is 2.20. The van der Waals surface area contributed by atoms with Crippen LogP contribution in [-0.4, -0.2) is 32.0 Å². The van der Waals surface area contributed by atoms with Crippen molar-refractivity contribution >= 4 is 38.6 Å². The Morgan fingerprint density at radius 1 is 1.10 bits per heavy atom. The Hall–Kier alpha value is -3.59. The van der Waals surface area contributed by atoms with Crippen LogP contribution in [0.15, 0.2) is 72.3 Å². The molecule has 30 heavy (non-hydrogen) atoms. The number of amides is 3. The molecule has 3 rings (SSSR count). The molecule has 3 N–H and O–H groups in total. The Kier molecular flexibility index (Phi) is 5.93. The zero-order valence-electron chi connectivity index (χ0n) is 16.5. The van der Waals surface area contributed by atoms with E-state index in [2.05, 4.69) is 17.2 Å². The molecule has 0 saturated carbocycles. The molecule has 0 unspecified atom stereocenters. The predicted octanol–water partition coefficient (Wildman–Crippen LogP) is 2.93. The number of urea groups is 1. The second-order valence-corrected chi connectivity index (χ2v) is 8.29. The van der Waals surface area contributed by atoms with Crippen molar-refractivity contribution in [1.29, 1.82) is 0 Å². The second-order valence-electron chi connectivity index (χ2n) is 6.61. The Balaban J connectivity index is 1.80. The molecule has 1 aromatic heterocycles. The highest BCUT2D eigenvalue weighted by molar-refractivity contribution is 7.90. The minimum absolute atomic E-state index is 0.101. The first-order valence-electron chi connectivity index (χ1n) is 9.11. The van der Waals surface area contributed by atoms with Crippen molar-refractivity contribution in [3.63, 3.8) is 0 Å². The van der Waals surface area contributed by atoms with Gasteiger partial charge in [-0.3, -0.25) is 4.79 Å². The van der Waals surface area contributed by atoms with Crippen LogP contribution in [0.1, 0.15) is 11.6 Å². The lowest BCUT2D eigenvalue weighted by atomic mass is 10.1. The quantitative estimate of drug-likeness (QED) is 0.527. The summed E-state index contributed by atoms with van der Waals surface area (Å²) >= 11 is 0. The third-order valence-electron chi connectivity index (χ3n) is 4.66. The first kappa shape index (κ1) is 21.1. The molecule has 8 nitrogen and oxygen atoms in total. The van der Waals surface area contributed by atoms with Crippen LogP contribution in [0.3, 0.4) is 0 Å². The fraction of sp³-hybridized carbons (Fsp3) is 0.143. The summed E-state index contributed by atoms with van der Waals surface area (Å²) in [7, 11) is -2.68. The van der Waals surface area contributed by atoms with E-state index in [4.69, 9.17) is 0 Å². The fourth-order valence-corrected chi connectivity index (χ4v) is 4.06. The molecule has 1 heterocycles. The lowest BCUT2D eigenvalue weighted by Crippen LogP contribution is -2.37. The molecule has 1 atom stereocenters. The summed E-state index contributed by atoms with van der Waals surface area (Å²) < 4.78 is 27.9. The van der Waals surface area contributed by atoms with Gasteiger partial charge in [0.15, 0.2) is 0 Å². The van der Waals surface area contributed by atoms with E-state index in [-0.39, 0.29) is 10.8 Å². The predicted molar refractivity (Wildman–Crippen MR) is 116 cm³/mol. The lowest BCUT2D eigenvalue weighted by Gasteiger charge is -2.17. The van der Waals surface area contributed by atoms with Crippen LogP contribution in [0.4, 0.5) is 10.5 Å². The third kappa shape index (κ3) is 4.20. The van der Waals surface area contributed by atoms with Crippen molar-refractivity contribution < 1.29 is 18.0 Å². The second kappa shape index (κ2) is 8.42. The Morgan fingerprint density at radius 3 is 2.43 bits per heavy atom. The van der Waals surface area contributed by atoms with Crippen molar-refractivity contribution in [2.75, 3.05) is 12.4 Å². The fourth-order valence-electron chi connectivity index (χ4n) is 3.10. The molecule has 156 valence electrons. The average molecular weight is 426 g/mol. The van der Waals surface area contributed by atoms with E-state index in [0.717, 1.165) is 16.5 Å². The number of nitrogens with zero attached hydrogens (tertiary/aromatic N) is 1. The van der Waals surface area contributed by atoms with Crippen LogP contribution >= 0.6 is 0 Å². The summed E-state index contributed by atoms with van der Waals surface area (Å²) in [6.45, 7) is 5.79. The molecule has 0 saturated heterocycles. The van der Waals surface area contributed by atoms with Gasteiger partial charge in [-0.1, -0.05) is 18.2 Å². The standard InChI is InChI=1S/C21H22N4O4S/c1-4-18(25-13-12-17-14(2)6-5-7-19(17)25)20(26)23-15-8-10-16(11-9-15)30(28,29)24-21(27)22-3/h4-13,18H,1H2,2-3H3,(H,23,26)(H2,22,24,27)/t18-/m1/s1. The molecule has 3 amide bonds. The average Bonchev–Trinajstić information content (AvgIpc) is 3.14. The van der Waals surface area contributed by atoms with Crippen LogP contribution in [0.2, 0.25) is 0 Å². The summed E-state index contributed by atoms with van der Waals surface area (Å²) in [4.78, 5) is 24.0. The minimum atomic E-state index is -4.00. The summed E-state index contributed by atoms with van der Waals surface area (Å²) in [5.41, 5.74) is 2.44. The number of carbonyl (C=O) groups excluding carboxylic acids is 2. The first-order chi connectivity index (χ1) is 14.3. The summed E-state index contributed by atoms with van der Waals surface area (Å²) in [6, 6.07) is 11.8. The van der Waals surface area contributed by atoms with E-state index in [1.54, 1.807) is 6.08 Å². The van der Waals surface area contributed by atoms with Crippen LogP contribution in [0.25, 0.3) is 10.9 Å². The van der Waals surface area contributed by atoms with Gasteiger partial charge in [-0.15, -0.1) is 6.58 Å². The van der Waals surface area contributed by atoms with Crippen molar-refractivity contribution in [3.8, 4) is 0 Å². The third-order valence-corrected chi connectivity index (χ3v) is 6.01. The molecular weight excluding hydrogens is 404 g/mol. The van der Waals surface area contributed by atoms with Gasteiger partial charge in [0.1, 0.15) is 6.04 Å². The van der Waals surface area contributed by atoms with E-state index in [1.165, 1.54) is 31.3 Å². The van der Waals surface area contributed by atoms with Crippen molar-refractivity contribution in [2.45, 2.75) is 17.9 Å². The van der Waals surface area contributed by atoms with Gasteiger partial charge in [0.2, 0.25) is 0 Å². The minimum Gasteiger partial charge on any atom is -0.340 e. The number of hydrogen-bond acceptors (Lipinski definition) is 4. The van der Waals surface area contributed by atoms with Gasteiger partial charge in [0.25, 0.3) is 15.9 Å². The molecule has 0 fully saturated rings. The van der Waals surface area contributed by atoms with Crippen molar-refractivity contribution in [2.24, 2.45) is 0 Å². The van der Waals surface area contributed by atoms with Gasteiger partial charge < -0.3 is 15.2 Å². The SMILES string of the molecule is C=C[C@H](C(=O)Nc1ccc(S(=O)(=O)NC(=O)NC)cc1)n1ccc2c(C)cccc21. The molecule has 0 radical (unpaired) electrons. The maximum absolute atomic E-state index is 12.9. The Bertz CT molecular complexity index is 1210. The van der Waals surface area contributed by atoms with E-state index < -0.39 is 22.1 Å². The molecule has 0 aliphatic rings. The zero-order chi connectivity index (χ0) is 21.9. The van der Waals surface area contributed by atoms with Crippen LogP contribution < -0.4 is 15.4 Å². The Labute approximate surface area is 174 Å². The number of aryl methyl sites for hydroxylation is 1. The summed E-state index contributed by atoms with van der Waals surface area (Å²) in [5, 5.41) is 6.00. The molecular formula is C21H22N4O4S. The molecule has 0 aliphatic heterocycles. The normalized spacial score (nSPS) is 12.2. The van der Waals surface area contributed by atoms with E-state index >= 15 is 0 Å². The number of fused-ring (bicyclic) bond motifs is 1. The van der Waals surface area contributed by atoms with Crippen molar-refractivity contribution in [1.82, 2.24) is 14.6 Å². The van der Waals surface area contributed by atoms with Gasteiger partial charge in [0.05, 0.1) is 4.90 Å². The topological polar surface area (TPSA) is 109 Å². The van der Waals surface area contributed by atoms with Crippen molar-refractivity contribution in [3.05, 3.63) is 72.9 Å². The highest BCUT2D eigenvalue weighted by atomic mass is 32.2. The van der Waals surface area contributed by atoms with E-state index in [0.29, 0.717) is 5.69 Å². The number of aromatic nitrogens is 1. The largest absolute Gasteiger partial charge is 0.340 e. The van der Waals surface area contributed by atoms with Crippen LogP contribution in [-0.2, 0) is 14.8 Å². The van der Waals surface area contributed by atoms with Gasteiger partial charge in [0, 0.05) is 29.8 Å². The molecule has 0 aliphatic carbocycles. The summed E-state index contributed by atoms with van der Waals surface area (Å²) in [5.74, 6) is -0.317. The monoisotopic (exact) mass is 426 g/mol. The lowest BCUT2D eigenvalue weighted by molar-refractivity contribution is -0.118. The van der Waals surface area contributed by atoms with Gasteiger partial charge in [-0.25, -0.2) is 17.9 Å². The number of hydrogen-bond donors (Lipinski definition) is 3. The maximum atomic E-state index is 12.9. The molecule has 0 spiro atoms. The molecule has 9 heteroatoms. The molecule has 2 aromatic carbocycles. The van der Waals surface area contributed by atoms with E-state index in [1.807, 2.05) is 46.7 Å². The number of anilines is 1. The van der Waals surface area contributed by atoms with Gasteiger partial charge in [-0.05, 0) is 48.9 Å². The Morgan fingerprint density at radius 2 is 1.80 bits per heavy atom. The van der Waals surface area contributed by atoms with E-state index in [9.17, 15) is 18.0 Å². The first-order valence-corrected chi connectivity index (χ1v) is 10.6. The maximum Gasteiger partial charge on any atom is 0.328 e. The number of benzene rings is 2. The zero-order valence-corrected chi connectivity index (χ0v) is 17.4. The number of sulfonamides is 1. The smallest absolute Gasteiger partial charge is 0.328 e. The van der Waals surface area contributed by atoms with Gasteiger partial charge in [-0.2, -0.15) is 0 Å². The summed E-state index contributed by atoms with van der Waals surface area (Å²) in [6.07, 6.45) is 3.38. The molecule has 0 bridgehead atoms. The number of nitrogens with one attached hydrogen (secondary N) is 3. The highest BCUT2D eigenvalue weighted by Crippen LogP contribution is 2.25. The van der Waals surface area contributed by atoms with Gasteiger partial charge >= 0.3 is 6.03 Å². The molecule has 3 aromatic rings.